The third kappa shape index (κ3) is 4.53. The lowest BCUT2D eigenvalue weighted by molar-refractivity contribution is -0.384. The van der Waals surface area contributed by atoms with Crippen LogP contribution in [0.5, 0.6) is 0 Å². The van der Waals surface area contributed by atoms with Crippen LogP contribution in [0.2, 0.25) is 0 Å². The van der Waals surface area contributed by atoms with E-state index in [1.54, 1.807) is 24.3 Å². The van der Waals surface area contributed by atoms with Crippen molar-refractivity contribution in [3.63, 3.8) is 0 Å². The predicted octanol–water partition coefficient (Wildman–Crippen LogP) is 5.20. The SMILES string of the molecule is Cc1ccc(Nc2nc(Nc3ccc([N+](=O)[O-])cc3)ncc2C(F)(F)F)cc1. The maximum atomic E-state index is 13.3. The fourth-order valence-electron chi connectivity index (χ4n) is 2.31. The maximum absolute atomic E-state index is 13.3. The molecule has 0 amide bonds. The van der Waals surface area contributed by atoms with Gasteiger partial charge in [0.05, 0.1) is 4.92 Å². The van der Waals surface area contributed by atoms with Crippen LogP contribution in [0.3, 0.4) is 0 Å². The molecule has 0 saturated carbocycles. The molecule has 0 unspecified atom stereocenters. The van der Waals surface area contributed by atoms with Crippen LogP contribution in [0.4, 0.5) is 42.0 Å². The largest absolute Gasteiger partial charge is 0.421 e. The number of anilines is 4. The summed E-state index contributed by atoms with van der Waals surface area (Å²) in [5.74, 6) is -0.493. The van der Waals surface area contributed by atoms with Gasteiger partial charge in [0.2, 0.25) is 5.95 Å². The Labute approximate surface area is 157 Å². The van der Waals surface area contributed by atoms with Crippen molar-refractivity contribution >= 4 is 28.8 Å². The summed E-state index contributed by atoms with van der Waals surface area (Å²) < 4.78 is 39.9. The topological polar surface area (TPSA) is 93.0 Å². The number of rotatable bonds is 5. The summed E-state index contributed by atoms with van der Waals surface area (Å²) in [6, 6.07) is 12.1. The molecule has 0 aliphatic heterocycles. The predicted molar refractivity (Wildman–Crippen MR) is 97.9 cm³/mol. The van der Waals surface area contributed by atoms with Gasteiger partial charge in [-0.15, -0.1) is 0 Å². The average molecular weight is 389 g/mol. The standard InChI is InChI=1S/C18H14F3N5O2/c1-11-2-4-12(5-3-11)23-16-15(18(19,20)21)10-22-17(25-16)24-13-6-8-14(9-7-13)26(27)28/h2-10H,1H3,(H2,22,23,24,25). The second-order valence-electron chi connectivity index (χ2n) is 5.87. The lowest BCUT2D eigenvalue weighted by Gasteiger charge is -2.15. The van der Waals surface area contributed by atoms with Crippen LogP contribution in [0.1, 0.15) is 11.1 Å². The number of non-ortho nitro benzene ring substituents is 1. The lowest BCUT2D eigenvalue weighted by atomic mass is 10.2. The Morgan fingerprint density at radius 1 is 0.964 bits per heavy atom. The highest BCUT2D eigenvalue weighted by Crippen LogP contribution is 2.35. The van der Waals surface area contributed by atoms with Gasteiger partial charge in [-0.1, -0.05) is 17.7 Å². The summed E-state index contributed by atoms with van der Waals surface area (Å²) in [4.78, 5) is 17.8. The van der Waals surface area contributed by atoms with E-state index < -0.39 is 22.5 Å². The fraction of sp³-hybridized carbons (Fsp3) is 0.111. The number of hydrogen-bond donors (Lipinski definition) is 2. The Morgan fingerprint density at radius 2 is 1.54 bits per heavy atom. The number of nitrogens with one attached hydrogen (secondary N) is 2. The Kier molecular flexibility index (Phi) is 5.12. The number of nitro groups is 1. The summed E-state index contributed by atoms with van der Waals surface area (Å²) in [6.45, 7) is 1.86. The molecule has 144 valence electrons. The van der Waals surface area contributed by atoms with E-state index in [0.717, 1.165) is 5.56 Å². The molecule has 3 rings (SSSR count). The van der Waals surface area contributed by atoms with Crippen LogP contribution < -0.4 is 10.6 Å². The summed E-state index contributed by atoms with van der Waals surface area (Å²) in [7, 11) is 0. The van der Waals surface area contributed by atoms with E-state index in [1.165, 1.54) is 24.3 Å². The Hall–Kier alpha value is -3.69. The molecule has 0 aliphatic carbocycles. The first kappa shape index (κ1) is 19.1. The molecule has 0 fully saturated rings. The monoisotopic (exact) mass is 389 g/mol. The molecule has 1 aromatic heterocycles. The Bertz CT molecular complexity index is 990. The van der Waals surface area contributed by atoms with E-state index in [4.69, 9.17) is 0 Å². The van der Waals surface area contributed by atoms with Gasteiger partial charge in [-0.3, -0.25) is 10.1 Å². The molecule has 0 spiro atoms. The normalized spacial score (nSPS) is 11.1. The maximum Gasteiger partial charge on any atom is 0.421 e. The highest BCUT2D eigenvalue weighted by Gasteiger charge is 2.35. The third-order valence-electron chi connectivity index (χ3n) is 3.74. The van der Waals surface area contributed by atoms with E-state index >= 15 is 0 Å². The molecule has 0 saturated heterocycles. The molecule has 2 N–H and O–H groups in total. The van der Waals surface area contributed by atoms with Crippen molar-refractivity contribution < 1.29 is 18.1 Å². The Morgan fingerprint density at radius 3 is 2.11 bits per heavy atom. The van der Waals surface area contributed by atoms with Crippen LogP contribution in [0.15, 0.2) is 54.7 Å². The van der Waals surface area contributed by atoms with Gasteiger partial charge in [0.15, 0.2) is 0 Å². The van der Waals surface area contributed by atoms with Crippen molar-refractivity contribution in [2.75, 3.05) is 10.6 Å². The number of aromatic nitrogens is 2. The number of nitro benzene ring substituents is 1. The van der Waals surface area contributed by atoms with E-state index in [2.05, 4.69) is 20.6 Å². The van der Waals surface area contributed by atoms with Crippen molar-refractivity contribution in [1.29, 1.82) is 0 Å². The van der Waals surface area contributed by atoms with Crippen molar-refractivity contribution in [2.24, 2.45) is 0 Å². The van der Waals surface area contributed by atoms with Crippen molar-refractivity contribution in [3.8, 4) is 0 Å². The van der Waals surface area contributed by atoms with Crippen LogP contribution >= 0.6 is 0 Å². The second-order valence-corrected chi connectivity index (χ2v) is 5.87. The van der Waals surface area contributed by atoms with E-state index in [1.807, 2.05) is 6.92 Å². The van der Waals surface area contributed by atoms with E-state index in [9.17, 15) is 23.3 Å². The van der Waals surface area contributed by atoms with Crippen LogP contribution in [0, 0.1) is 17.0 Å². The van der Waals surface area contributed by atoms with Crippen LogP contribution in [0.25, 0.3) is 0 Å². The quantitative estimate of drug-likeness (QED) is 0.460. The Balaban J connectivity index is 1.90. The molecule has 0 atom stereocenters. The first-order valence-corrected chi connectivity index (χ1v) is 8.02. The van der Waals surface area contributed by atoms with Crippen molar-refractivity contribution in [2.45, 2.75) is 13.1 Å². The summed E-state index contributed by atoms with van der Waals surface area (Å²) >= 11 is 0. The fourth-order valence-corrected chi connectivity index (χ4v) is 2.31. The highest BCUT2D eigenvalue weighted by molar-refractivity contribution is 5.63. The van der Waals surface area contributed by atoms with Gasteiger partial charge in [0.1, 0.15) is 11.4 Å². The molecule has 10 heteroatoms. The van der Waals surface area contributed by atoms with Gasteiger partial charge in [-0.25, -0.2) is 4.98 Å². The summed E-state index contributed by atoms with van der Waals surface area (Å²) in [6.07, 6.45) is -3.96. The number of halogens is 3. The molecule has 2 aromatic carbocycles. The molecule has 28 heavy (non-hydrogen) atoms. The van der Waals surface area contributed by atoms with Crippen molar-refractivity contribution in [3.05, 3.63) is 76.0 Å². The summed E-state index contributed by atoms with van der Waals surface area (Å²) in [5, 5.41) is 16.1. The first-order valence-electron chi connectivity index (χ1n) is 8.02. The van der Waals surface area contributed by atoms with E-state index in [-0.39, 0.29) is 11.6 Å². The molecule has 3 aromatic rings. The molecular formula is C18H14F3N5O2. The zero-order valence-corrected chi connectivity index (χ0v) is 14.5. The molecule has 0 aliphatic rings. The van der Waals surface area contributed by atoms with Gasteiger partial charge in [0, 0.05) is 29.7 Å². The number of aryl methyl sites for hydroxylation is 1. The first-order chi connectivity index (χ1) is 13.2. The zero-order valence-electron chi connectivity index (χ0n) is 14.5. The molecule has 7 nitrogen and oxygen atoms in total. The third-order valence-corrected chi connectivity index (χ3v) is 3.74. The van der Waals surface area contributed by atoms with Gasteiger partial charge in [-0.05, 0) is 31.2 Å². The second kappa shape index (κ2) is 7.51. The minimum absolute atomic E-state index is 0.0866. The summed E-state index contributed by atoms with van der Waals surface area (Å²) in [5.41, 5.74) is 0.676. The highest BCUT2D eigenvalue weighted by atomic mass is 19.4. The van der Waals surface area contributed by atoms with E-state index in [0.29, 0.717) is 17.6 Å². The molecule has 0 radical (unpaired) electrons. The van der Waals surface area contributed by atoms with Gasteiger partial charge < -0.3 is 10.6 Å². The van der Waals surface area contributed by atoms with Crippen LogP contribution in [-0.4, -0.2) is 14.9 Å². The lowest BCUT2D eigenvalue weighted by Crippen LogP contribution is -2.12. The number of alkyl halides is 3. The zero-order chi connectivity index (χ0) is 20.3. The van der Waals surface area contributed by atoms with Crippen LogP contribution in [-0.2, 0) is 6.18 Å². The average Bonchev–Trinajstić information content (AvgIpc) is 2.63. The minimum atomic E-state index is -4.64. The molecule has 1 heterocycles. The van der Waals surface area contributed by atoms with Gasteiger partial charge in [-0.2, -0.15) is 18.2 Å². The number of benzene rings is 2. The smallest absolute Gasteiger partial charge is 0.340 e. The van der Waals surface area contributed by atoms with Gasteiger partial charge in [0.25, 0.3) is 5.69 Å². The molecular weight excluding hydrogens is 375 g/mol. The van der Waals surface area contributed by atoms with Crippen molar-refractivity contribution in [1.82, 2.24) is 9.97 Å². The van der Waals surface area contributed by atoms with Gasteiger partial charge >= 0.3 is 6.18 Å². The number of hydrogen-bond acceptors (Lipinski definition) is 6. The molecule has 0 bridgehead atoms. The minimum Gasteiger partial charge on any atom is -0.340 e. The number of nitrogens with zero attached hydrogens (tertiary/aromatic N) is 3.